The molecule has 2 aromatic rings. The monoisotopic (exact) mass is 306 g/mol. The number of hydrogen-bond donors (Lipinski definition) is 1. The lowest BCUT2D eigenvalue weighted by molar-refractivity contribution is 0.101. The molecule has 0 unspecified atom stereocenters. The molecule has 1 amide bonds. The van der Waals surface area contributed by atoms with Gasteiger partial charge in [-0.05, 0) is 36.8 Å². The molecular weight excluding hydrogens is 298 g/mol. The third kappa shape index (κ3) is 3.01. The number of amides is 1. The topological polar surface area (TPSA) is 52.9 Å². The first-order valence-corrected chi connectivity index (χ1v) is 6.27. The average molecular weight is 307 g/mol. The van der Waals surface area contributed by atoms with Crippen molar-refractivity contribution in [2.75, 3.05) is 5.32 Å². The first kappa shape index (κ1) is 14.9. The number of nitriles is 1. The van der Waals surface area contributed by atoms with E-state index in [1.807, 2.05) is 6.07 Å². The van der Waals surface area contributed by atoms with E-state index in [1.54, 1.807) is 0 Å². The van der Waals surface area contributed by atoms with Gasteiger partial charge >= 0.3 is 0 Å². The lowest BCUT2D eigenvalue weighted by Gasteiger charge is -2.10. The van der Waals surface area contributed by atoms with Gasteiger partial charge in [0.05, 0.1) is 22.3 Å². The zero-order valence-corrected chi connectivity index (χ0v) is 11.6. The fourth-order valence-corrected chi connectivity index (χ4v) is 1.91. The number of anilines is 1. The largest absolute Gasteiger partial charge is 0.320 e. The van der Waals surface area contributed by atoms with Crippen LogP contribution in [0.1, 0.15) is 21.5 Å². The van der Waals surface area contributed by atoms with Crippen molar-refractivity contribution in [3.05, 3.63) is 63.7 Å². The maximum atomic E-state index is 13.9. The number of rotatable bonds is 2. The van der Waals surface area contributed by atoms with E-state index in [4.69, 9.17) is 16.9 Å². The van der Waals surface area contributed by atoms with E-state index in [0.717, 1.165) is 6.07 Å². The summed E-state index contributed by atoms with van der Waals surface area (Å²) in [6.07, 6.45) is 0. The van der Waals surface area contributed by atoms with Crippen molar-refractivity contribution < 1.29 is 13.6 Å². The van der Waals surface area contributed by atoms with Gasteiger partial charge in [0.2, 0.25) is 0 Å². The highest BCUT2D eigenvalue weighted by Gasteiger charge is 2.20. The minimum atomic E-state index is -0.969. The van der Waals surface area contributed by atoms with Gasteiger partial charge in [0.15, 0.2) is 0 Å². The summed E-state index contributed by atoms with van der Waals surface area (Å²) in [6, 6.07) is 8.34. The van der Waals surface area contributed by atoms with E-state index in [0.29, 0.717) is 0 Å². The summed E-state index contributed by atoms with van der Waals surface area (Å²) in [5.74, 6) is -2.87. The smallest absolute Gasteiger partial charge is 0.261 e. The summed E-state index contributed by atoms with van der Waals surface area (Å²) in [5, 5.41) is 11.3. The molecule has 0 aliphatic carbocycles. The molecule has 6 heteroatoms. The minimum Gasteiger partial charge on any atom is -0.320 e. The summed E-state index contributed by atoms with van der Waals surface area (Å²) in [6.45, 7) is 1.43. The van der Waals surface area contributed by atoms with Crippen molar-refractivity contribution in [3.8, 4) is 6.07 Å². The number of nitrogens with zero attached hydrogens (tertiary/aromatic N) is 1. The Morgan fingerprint density at radius 1 is 1.29 bits per heavy atom. The first-order chi connectivity index (χ1) is 9.93. The summed E-state index contributed by atoms with van der Waals surface area (Å²) < 4.78 is 27.5. The highest BCUT2D eigenvalue weighted by atomic mass is 35.5. The molecule has 0 bridgehead atoms. The van der Waals surface area contributed by atoms with Crippen molar-refractivity contribution in [1.82, 2.24) is 0 Å². The Morgan fingerprint density at radius 2 is 2.00 bits per heavy atom. The Bertz CT molecular complexity index is 769. The Labute approximate surface area is 124 Å². The predicted molar refractivity (Wildman–Crippen MR) is 75.2 cm³/mol. The number of carbonyl (C=O) groups is 1. The fraction of sp³-hybridized carbons (Fsp3) is 0.0667. The van der Waals surface area contributed by atoms with Gasteiger partial charge in [0, 0.05) is 0 Å². The van der Waals surface area contributed by atoms with Crippen LogP contribution in [0.4, 0.5) is 14.5 Å². The van der Waals surface area contributed by atoms with Crippen LogP contribution in [0, 0.1) is 29.9 Å². The predicted octanol–water partition coefficient (Wildman–Crippen LogP) is 4.05. The quantitative estimate of drug-likeness (QED) is 0.910. The molecule has 0 saturated carbocycles. The second-order valence-electron chi connectivity index (χ2n) is 4.31. The van der Waals surface area contributed by atoms with E-state index in [9.17, 15) is 13.6 Å². The summed E-state index contributed by atoms with van der Waals surface area (Å²) in [5.41, 5.74) is -0.159. The maximum Gasteiger partial charge on any atom is 0.261 e. The molecule has 0 aromatic heterocycles. The Kier molecular flexibility index (Phi) is 4.20. The SMILES string of the molecule is Cc1ccc(F)c(C(=O)Nc2cc(C#N)ccc2Cl)c1F. The van der Waals surface area contributed by atoms with E-state index in [1.165, 1.54) is 31.2 Å². The lowest BCUT2D eigenvalue weighted by atomic mass is 10.1. The molecule has 21 heavy (non-hydrogen) atoms. The molecule has 1 N–H and O–H groups in total. The second-order valence-corrected chi connectivity index (χ2v) is 4.72. The van der Waals surface area contributed by atoms with Crippen molar-refractivity contribution in [1.29, 1.82) is 5.26 Å². The number of aryl methyl sites for hydroxylation is 1. The van der Waals surface area contributed by atoms with E-state index in [2.05, 4.69) is 5.32 Å². The molecule has 0 radical (unpaired) electrons. The van der Waals surface area contributed by atoms with Crippen LogP contribution < -0.4 is 5.32 Å². The number of benzene rings is 2. The van der Waals surface area contributed by atoms with Crippen LogP contribution in [-0.2, 0) is 0 Å². The third-order valence-electron chi connectivity index (χ3n) is 2.85. The highest BCUT2D eigenvalue weighted by molar-refractivity contribution is 6.34. The van der Waals surface area contributed by atoms with Gasteiger partial charge in [0.25, 0.3) is 5.91 Å². The summed E-state index contributed by atoms with van der Waals surface area (Å²) in [7, 11) is 0. The van der Waals surface area contributed by atoms with Gasteiger partial charge < -0.3 is 5.32 Å². The van der Waals surface area contributed by atoms with Crippen LogP contribution >= 0.6 is 11.6 Å². The van der Waals surface area contributed by atoms with Crippen LogP contribution in [0.3, 0.4) is 0 Å². The van der Waals surface area contributed by atoms with Gasteiger partial charge in [-0.15, -0.1) is 0 Å². The molecule has 0 fully saturated rings. The molecule has 0 atom stereocenters. The third-order valence-corrected chi connectivity index (χ3v) is 3.18. The zero-order chi connectivity index (χ0) is 15.6. The van der Waals surface area contributed by atoms with Crippen LogP contribution in [0.15, 0.2) is 30.3 Å². The number of nitrogens with one attached hydrogen (secondary N) is 1. The van der Waals surface area contributed by atoms with E-state index >= 15 is 0 Å². The molecule has 0 aliphatic heterocycles. The van der Waals surface area contributed by atoms with E-state index < -0.39 is 23.1 Å². The normalized spacial score (nSPS) is 10.0. The van der Waals surface area contributed by atoms with Gasteiger partial charge in [0.1, 0.15) is 17.2 Å². The Hall–Kier alpha value is -2.45. The zero-order valence-electron chi connectivity index (χ0n) is 10.9. The van der Waals surface area contributed by atoms with Gasteiger partial charge in [-0.2, -0.15) is 5.26 Å². The highest BCUT2D eigenvalue weighted by Crippen LogP contribution is 2.25. The minimum absolute atomic E-state index is 0.112. The van der Waals surface area contributed by atoms with Gasteiger partial charge in [-0.1, -0.05) is 17.7 Å². The number of carbonyl (C=O) groups excluding carboxylic acids is 1. The molecular formula is C15H9ClF2N2O. The van der Waals surface area contributed by atoms with Crippen LogP contribution in [0.2, 0.25) is 5.02 Å². The molecule has 0 heterocycles. The van der Waals surface area contributed by atoms with Crippen molar-refractivity contribution in [3.63, 3.8) is 0 Å². The molecule has 3 nitrogen and oxygen atoms in total. The Morgan fingerprint density at radius 3 is 2.67 bits per heavy atom. The van der Waals surface area contributed by atoms with Gasteiger partial charge in [-0.3, -0.25) is 4.79 Å². The summed E-state index contributed by atoms with van der Waals surface area (Å²) in [4.78, 5) is 12.0. The fourth-order valence-electron chi connectivity index (χ4n) is 1.74. The molecule has 0 saturated heterocycles. The molecule has 2 aromatic carbocycles. The van der Waals surface area contributed by atoms with Gasteiger partial charge in [-0.25, -0.2) is 8.78 Å². The first-order valence-electron chi connectivity index (χ1n) is 5.89. The molecule has 2 rings (SSSR count). The lowest BCUT2D eigenvalue weighted by Crippen LogP contribution is -2.17. The molecule has 0 spiro atoms. The van der Waals surface area contributed by atoms with Crippen LogP contribution in [-0.4, -0.2) is 5.91 Å². The second kappa shape index (κ2) is 5.90. The Balaban J connectivity index is 2.40. The number of hydrogen-bond acceptors (Lipinski definition) is 2. The number of halogens is 3. The van der Waals surface area contributed by atoms with E-state index in [-0.39, 0.29) is 21.8 Å². The van der Waals surface area contributed by atoms with Crippen molar-refractivity contribution >= 4 is 23.2 Å². The van der Waals surface area contributed by atoms with Crippen molar-refractivity contribution in [2.24, 2.45) is 0 Å². The van der Waals surface area contributed by atoms with Crippen LogP contribution in [0.25, 0.3) is 0 Å². The molecule has 106 valence electrons. The summed E-state index contributed by atoms with van der Waals surface area (Å²) >= 11 is 5.88. The average Bonchev–Trinajstić information content (AvgIpc) is 2.46. The van der Waals surface area contributed by atoms with Crippen molar-refractivity contribution in [2.45, 2.75) is 6.92 Å². The molecule has 0 aliphatic rings. The maximum absolute atomic E-state index is 13.9. The van der Waals surface area contributed by atoms with Crippen LogP contribution in [0.5, 0.6) is 0 Å². The standard InChI is InChI=1S/C15H9ClF2N2O/c1-8-2-5-11(17)13(14(8)18)15(21)20-12-6-9(7-19)3-4-10(12)16/h2-6H,1H3,(H,20,21).